The predicted octanol–water partition coefficient (Wildman–Crippen LogP) is 2.32. The van der Waals surface area contributed by atoms with E-state index in [1.165, 1.54) is 16.7 Å². The molecule has 2 rings (SSSR count). The highest BCUT2D eigenvalue weighted by Gasteiger charge is 2.18. The number of benzene rings is 1. The summed E-state index contributed by atoms with van der Waals surface area (Å²) in [5.74, 6) is -0.698. The van der Waals surface area contributed by atoms with Gasteiger partial charge in [0.25, 0.3) is 0 Å². The first-order valence-corrected chi connectivity index (χ1v) is 7.23. The van der Waals surface area contributed by atoms with Crippen LogP contribution in [0.1, 0.15) is 18.9 Å². The fraction of sp³-hybridized carbons (Fsp3) is 0.333. The standard InChI is InChI=1S/C12H13FN4O3S/c1-2-6-16-11(18)14-15-12(16)21-7-8-4-3-5-9(10(8)13)17(19)20/h3-5H,2,6-7H2,1H3,(H,14,18). The van der Waals surface area contributed by atoms with E-state index < -0.39 is 16.4 Å². The van der Waals surface area contributed by atoms with Gasteiger partial charge in [-0.1, -0.05) is 30.8 Å². The Morgan fingerprint density at radius 1 is 1.52 bits per heavy atom. The molecule has 1 aromatic carbocycles. The number of aromatic amines is 1. The summed E-state index contributed by atoms with van der Waals surface area (Å²) in [7, 11) is 0. The van der Waals surface area contributed by atoms with E-state index in [1.54, 1.807) is 0 Å². The van der Waals surface area contributed by atoms with E-state index in [0.717, 1.165) is 24.2 Å². The first-order valence-electron chi connectivity index (χ1n) is 6.24. The summed E-state index contributed by atoms with van der Waals surface area (Å²) in [4.78, 5) is 21.4. The molecule has 0 saturated heterocycles. The number of nitrogens with one attached hydrogen (secondary N) is 1. The molecule has 1 heterocycles. The van der Waals surface area contributed by atoms with E-state index in [0.29, 0.717) is 11.7 Å². The Labute approximate surface area is 123 Å². The van der Waals surface area contributed by atoms with Gasteiger partial charge in [0.2, 0.25) is 5.82 Å². The van der Waals surface area contributed by atoms with Crippen LogP contribution in [0.3, 0.4) is 0 Å². The van der Waals surface area contributed by atoms with Gasteiger partial charge in [-0.05, 0) is 6.42 Å². The number of nitro groups is 1. The molecule has 0 aliphatic carbocycles. The van der Waals surface area contributed by atoms with Crippen LogP contribution in [0.25, 0.3) is 0 Å². The fourth-order valence-corrected chi connectivity index (χ4v) is 2.74. The number of thioether (sulfide) groups is 1. The minimum absolute atomic E-state index is 0.154. The second-order valence-electron chi connectivity index (χ2n) is 4.26. The van der Waals surface area contributed by atoms with E-state index in [1.807, 2.05) is 6.92 Å². The van der Waals surface area contributed by atoms with E-state index >= 15 is 0 Å². The molecule has 0 aliphatic rings. The lowest BCUT2D eigenvalue weighted by atomic mass is 10.2. The van der Waals surface area contributed by atoms with E-state index in [4.69, 9.17) is 0 Å². The van der Waals surface area contributed by atoms with Crippen LogP contribution in [0, 0.1) is 15.9 Å². The van der Waals surface area contributed by atoms with Gasteiger partial charge in [-0.15, -0.1) is 5.10 Å². The molecule has 9 heteroatoms. The van der Waals surface area contributed by atoms with E-state index in [-0.39, 0.29) is 17.0 Å². The maximum atomic E-state index is 13.9. The average molecular weight is 312 g/mol. The summed E-state index contributed by atoms with van der Waals surface area (Å²) in [6, 6.07) is 4.02. The van der Waals surface area contributed by atoms with Crippen LogP contribution in [0.2, 0.25) is 0 Å². The summed E-state index contributed by atoms with van der Waals surface area (Å²) >= 11 is 1.15. The second kappa shape index (κ2) is 6.53. The van der Waals surface area contributed by atoms with Crippen LogP contribution in [0.4, 0.5) is 10.1 Å². The number of nitrogens with zero attached hydrogens (tertiary/aromatic N) is 3. The normalized spacial score (nSPS) is 10.8. The topological polar surface area (TPSA) is 93.8 Å². The third-order valence-corrected chi connectivity index (χ3v) is 3.81. The Hall–Kier alpha value is -2.16. The number of H-pyrrole nitrogens is 1. The Morgan fingerprint density at radius 3 is 2.95 bits per heavy atom. The van der Waals surface area contributed by atoms with Gasteiger partial charge in [0.1, 0.15) is 0 Å². The largest absolute Gasteiger partial charge is 0.343 e. The third kappa shape index (κ3) is 3.30. The molecule has 1 aromatic heterocycles. The molecular formula is C12H13FN4O3S. The fourth-order valence-electron chi connectivity index (χ4n) is 1.80. The van der Waals surface area contributed by atoms with Gasteiger partial charge in [0.05, 0.1) is 4.92 Å². The van der Waals surface area contributed by atoms with Crippen LogP contribution < -0.4 is 5.69 Å². The van der Waals surface area contributed by atoms with Gasteiger partial charge in [0.15, 0.2) is 5.16 Å². The maximum Gasteiger partial charge on any atom is 0.343 e. The van der Waals surface area contributed by atoms with Crippen molar-refractivity contribution in [2.75, 3.05) is 0 Å². The van der Waals surface area contributed by atoms with Crippen molar-refractivity contribution in [3.63, 3.8) is 0 Å². The Bertz CT molecular complexity index is 713. The number of hydrogen-bond donors (Lipinski definition) is 1. The molecule has 0 amide bonds. The lowest BCUT2D eigenvalue weighted by Gasteiger charge is -2.05. The molecule has 0 unspecified atom stereocenters. The first-order chi connectivity index (χ1) is 10.0. The van der Waals surface area contributed by atoms with Crippen LogP contribution in [-0.2, 0) is 12.3 Å². The van der Waals surface area contributed by atoms with Gasteiger partial charge in [-0.2, -0.15) is 4.39 Å². The van der Waals surface area contributed by atoms with Crippen molar-refractivity contribution >= 4 is 17.4 Å². The molecule has 0 atom stereocenters. The lowest BCUT2D eigenvalue weighted by molar-refractivity contribution is -0.387. The predicted molar refractivity (Wildman–Crippen MR) is 75.8 cm³/mol. The van der Waals surface area contributed by atoms with Crippen molar-refractivity contribution in [3.05, 3.63) is 50.2 Å². The van der Waals surface area contributed by atoms with Gasteiger partial charge in [0, 0.05) is 23.9 Å². The monoisotopic (exact) mass is 312 g/mol. The molecule has 0 fully saturated rings. The zero-order valence-electron chi connectivity index (χ0n) is 11.2. The summed E-state index contributed by atoms with van der Waals surface area (Å²) in [6.45, 7) is 2.43. The minimum atomic E-state index is -0.852. The molecular weight excluding hydrogens is 299 g/mol. The number of aromatic nitrogens is 3. The smallest absolute Gasteiger partial charge is 0.270 e. The molecule has 2 aromatic rings. The SMILES string of the molecule is CCCn1c(SCc2cccc([N+](=O)[O-])c2F)n[nH]c1=O. The Balaban J connectivity index is 2.19. The second-order valence-corrected chi connectivity index (χ2v) is 5.20. The number of nitro benzene ring substituents is 1. The summed E-state index contributed by atoms with van der Waals surface area (Å²) in [6.07, 6.45) is 0.762. The van der Waals surface area contributed by atoms with Gasteiger partial charge in [-0.25, -0.2) is 9.89 Å². The molecule has 1 N–H and O–H groups in total. The van der Waals surface area contributed by atoms with Crippen LogP contribution in [0.15, 0.2) is 28.2 Å². The number of hydrogen-bond acceptors (Lipinski definition) is 5. The molecule has 0 bridgehead atoms. The molecule has 21 heavy (non-hydrogen) atoms. The molecule has 0 spiro atoms. The zero-order chi connectivity index (χ0) is 15.4. The number of rotatable bonds is 6. The first kappa shape index (κ1) is 15.2. The summed E-state index contributed by atoms with van der Waals surface area (Å²) in [5.41, 5.74) is -0.673. The van der Waals surface area contributed by atoms with Crippen molar-refractivity contribution in [3.8, 4) is 0 Å². The van der Waals surface area contributed by atoms with Crippen LogP contribution >= 0.6 is 11.8 Å². The van der Waals surface area contributed by atoms with Crippen molar-refractivity contribution in [1.29, 1.82) is 0 Å². The van der Waals surface area contributed by atoms with Gasteiger partial charge in [-0.3, -0.25) is 14.7 Å². The van der Waals surface area contributed by atoms with Crippen LogP contribution in [-0.4, -0.2) is 19.7 Å². The highest BCUT2D eigenvalue weighted by Crippen LogP contribution is 2.26. The van der Waals surface area contributed by atoms with Crippen LogP contribution in [0.5, 0.6) is 0 Å². The molecule has 0 aliphatic heterocycles. The minimum Gasteiger partial charge on any atom is -0.270 e. The highest BCUT2D eigenvalue weighted by atomic mass is 32.2. The quantitative estimate of drug-likeness (QED) is 0.502. The molecule has 0 radical (unpaired) electrons. The molecule has 7 nitrogen and oxygen atoms in total. The average Bonchev–Trinajstić information content (AvgIpc) is 2.79. The van der Waals surface area contributed by atoms with Gasteiger partial charge >= 0.3 is 11.4 Å². The Morgan fingerprint density at radius 2 is 2.29 bits per heavy atom. The van der Waals surface area contributed by atoms with Crippen molar-refractivity contribution in [2.24, 2.45) is 0 Å². The lowest BCUT2D eigenvalue weighted by Crippen LogP contribution is -2.17. The molecule has 0 saturated carbocycles. The van der Waals surface area contributed by atoms with Crippen molar-refractivity contribution in [1.82, 2.24) is 14.8 Å². The third-order valence-electron chi connectivity index (χ3n) is 2.78. The maximum absolute atomic E-state index is 13.9. The molecule has 112 valence electrons. The summed E-state index contributed by atoms with van der Waals surface area (Å²) < 4.78 is 15.4. The van der Waals surface area contributed by atoms with Gasteiger partial charge < -0.3 is 0 Å². The summed E-state index contributed by atoms with van der Waals surface area (Å²) in [5, 5.41) is 17.3. The van der Waals surface area contributed by atoms with E-state index in [2.05, 4.69) is 10.2 Å². The van der Waals surface area contributed by atoms with Crippen molar-refractivity contribution < 1.29 is 9.31 Å². The van der Waals surface area contributed by atoms with E-state index in [9.17, 15) is 19.3 Å². The zero-order valence-corrected chi connectivity index (χ0v) is 12.0. The Kier molecular flexibility index (Phi) is 4.73. The highest BCUT2D eigenvalue weighted by molar-refractivity contribution is 7.98. The van der Waals surface area contributed by atoms with Crippen molar-refractivity contribution in [2.45, 2.75) is 30.8 Å². The number of halogens is 1.